The number of carbonyl (C=O) groups is 1. The second-order valence-corrected chi connectivity index (χ2v) is 8.41. The van der Waals surface area contributed by atoms with E-state index in [1.165, 1.54) is 11.4 Å². The van der Waals surface area contributed by atoms with Gasteiger partial charge in [0.2, 0.25) is 10.0 Å². The van der Waals surface area contributed by atoms with Gasteiger partial charge in [0, 0.05) is 31.2 Å². The summed E-state index contributed by atoms with van der Waals surface area (Å²) in [4.78, 5) is 14.5. The van der Waals surface area contributed by atoms with E-state index in [0.29, 0.717) is 48.9 Å². The predicted molar refractivity (Wildman–Crippen MR) is 94.3 cm³/mol. The number of ether oxygens (including phenoxy) is 1. The number of amides is 1. The minimum absolute atomic E-state index is 0.0718. The molecule has 1 aromatic rings. The van der Waals surface area contributed by atoms with E-state index in [2.05, 4.69) is 0 Å². The number of benzene rings is 1. The molecular weight excluding hydrogens is 352 g/mol. The standard InChI is InChI=1S/C16H23ClN2O4S/c1-4-24(21,22)19-7-5-6-18(8-9-19)16(20)13-11-14(17)12(2)10-15(13)23-3/h10-11H,4-9H2,1-3H3. The molecule has 1 saturated heterocycles. The van der Waals surface area contributed by atoms with Gasteiger partial charge in [0.15, 0.2) is 0 Å². The summed E-state index contributed by atoms with van der Waals surface area (Å²) in [6, 6.07) is 3.35. The van der Waals surface area contributed by atoms with Crippen LogP contribution in [0.15, 0.2) is 12.1 Å². The molecule has 8 heteroatoms. The fourth-order valence-corrected chi connectivity index (χ4v) is 4.01. The molecule has 0 atom stereocenters. The summed E-state index contributed by atoms with van der Waals surface area (Å²) < 4.78 is 30.8. The van der Waals surface area contributed by atoms with Crippen LogP contribution in [-0.4, -0.2) is 62.6 Å². The van der Waals surface area contributed by atoms with Crippen molar-refractivity contribution in [3.63, 3.8) is 0 Å². The molecule has 1 heterocycles. The molecule has 1 aromatic carbocycles. The summed E-state index contributed by atoms with van der Waals surface area (Å²) in [5.74, 6) is 0.358. The fourth-order valence-electron chi connectivity index (χ4n) is 2.72. The average molecular weight is 375 g/mol. The lowest BCUT2D eigenvalue weighted by molar-refractivity contribution is 0.0761. The number of methoxy groups -OCH3 is 1. The molecule has 0 unspecified atom stereocenters. The Balaban J connectivity index is 2.21. The normalized spacial score (nSPS) is 16.8. The van der Waals surface area contributed by atoms with Crippen LogP contribution in [-0.2, 0) is 10.0 Å². The number of halogens is 1. The van der Waals surface area contributed by atoms with Gasteiger partial charge < -0.3 is 9.64 Å². The Morgan fingerprint density at radius 2 is 1.96 bits per heavy atom. The van der Waals surface area contributed by atoms with Gasteiger partial charge in [-0.3, -0.25) is 4.79 Å². The van der Waals surface area contributed by atoms with Gasteiger partial charge in [-0.2, -0.15) is 0 Å². The van der Waals surface area contributed by atoms with Crippen molar-refractivity contribution in [2.45, 2.75) is 20.3 Å². The molecule has 0 aromatic heterocycles. The van der Waals surface area contributed by atoms with Crippen LogP contribution in [0.5, 0.6) is 5.75 Å². The number of sulfonamides is 1. The van der Waals surface area contributed by atoms with Crippen molar-refractivity contribution in [3.8, 4) is 5.75 Å². The number of hydrogen-bond acceptors (Lipinski definition) is 4. The van der Waals surface area contributed by atoms with E-state index < -0.39 is 10.0 Å². The number of rotatable bonds is 4. The van der Waals surface area contributed by atoms with Crippen LogP contribution in [0, 0.1) is 6.92 Å². The van der Waals surface area contributed by atoms with E-state index in [1.54, 1.807) is 24.0 Å². The summed E-state index contributed by atoms with van der Waals surface area (Å²) >= 11 is 6.15. The zero-order chi connectivity index (χ0) is 17.9. The Kier molecular flexibility index (Phi) is 6.11. The van der Waals surface area contributed by atoms with Crippen LogP contribution in [0.25, 0.3) is 0 Å². The van der Waals surface area contributed by atoms with Gasteiger partial charge in [0.1, 0.15) is 5.75 Å². The van der Waals surface area contributed by atoms with Crippen molar-refractivity contribution in [1.29, 1.82) is 0 Å². The van der Waals surface area contributed by atoms with Crippen LogP contribution in [0.3, 0.4) is 0 Å². The second-order valence-electron chi connectivity index (χ2n) is 5.75. The van der Waals surface area contributed by atoms with Crippen molar-refractivity contribution >= 4 is 27.5 Å². The van der Waals surface area contributed by atoms with Crippen molar-refractivity contribution in [2.75, 3.05) is 39.0 Å². The highest BCUT2D eigenvalue weighted by Crippen LogP contribution is 2.28. The number of hydrogen-bond donors (Lipinski definition) is 0. The maximum absolute atomic E-state index is 12.8. The first kappa shape index (κ1) is 19.0. The Morgan fingerprint density at radius 3 is 2.58 bits per heavy atom. The molecule has 1 aliphatic rings. The summed E-state index contributed by atoms with van der Waals surface area (Å²) in [7, 11) is -1.72. The molecule has 0 radical (unpaired) electrons. The summed E-state index contributed by atoms with van der Waals surface area (Å²) in [5, 5.41) is 0.504. The largest absolute Gasteiger partial charge is 0.496 e. The van der Waals surface area contributed by atoms with Crippen LogP contribution in [0.2, 0.25) is 5.02 Å². The second kappa shape index (κ2) is 7.72. The third kappa shape index (κ3) is 4.02. The minimum Gasteiger partial charge on any atom is -0.496 e. The van der Waals surface area contributed by atoms with Gasteiger partial charge in [-0.1, -0.05) is 11.6 Å². The maximum atomic E-state index is 12.8. The summed E-state index contributed by atoms with van der Waals surface area (Å²) in [5.41, 5.74) is 1.24. The average Bonchev–Trinajstić information content (AvgIpc) is 2.82. The number of nitrogens with zero attached hydrogens (tertiary/aromatic N) is 2. The first-order valence-corrected chi connectivity index (χ1v) is 9.90. The number of aryl methyl sites for hydroxylation is 1. The topological polar surface area (TPSA) is 66.9 Å². The molecule has 1 amide bonds. The smallest absolute Gasteiger partial charge is 0.257 e. The van der Waals surface area contributed by atoms with Gasteiger partial charge >= 0.3 is 0 Å². The van der Waals surface area contributed by atoms with E-state index >= 15 is 0 Å². The molecule has 0 saturated carbocycles. The zero-order valence-electron chi connectivity index (χ0n) is 14.2. The van der Waals surface area contributed by atoms with Crippen LogP contribution >= 0.6 is 11.6 Å². The van der Waals surface area contributed by atoms with E-state index in [9.17, 15) is 13.2 Å². The fraction of sp³-hybridized carbons (Fsp3) is 0.562. The van der Waals surface area contributed by atoms with E-state index in [-0.39, 0.29) is 11.7 Å². The first-order chi connectivity index (χ1) is 11.3. The van der Waals surface area contributed by atoms with Crippen molar-refractivity contribution < 1.29 is 17.9 Å². The molecule has 24 heavy (non-hydrogen) atoms. The number of carbonyl (C=O) groups excluding carboxylic acids is 1. The molecule has 0 N–H and O–H groups in total. The lowest BCUT2D eigenvalue weighted by atomic mass is 10.1. The highest BCUT2D eigenvalue weighted by atomic mass is 35.5. The first-order valence-electron chi connectivity index (χ1n) is 7.91. The van der Waals surface area contributed by atoms with Crippen LogP contribution in [0.4, 0.5) is 0 Å². The molecule has 6 nitrogen and oxygen atoms in total. The van der Waals surface area contributed by atoms with Crippen molar-refractivity contribution in [1.82, 2.24) is 9.21 Å². The third-order valence-corrected chi connectivity index (χ3v) is 6.50. The Morgan fingerprint density at radius 1 is 1.25 bits per heavy atom. The van der Waals surface area contributed by atoms with Gasteiger partial charge in [0.25, 0.3) is 5.91 Å². The Labute approximate surface area is 148 Å². The van der Waals surface area contributed by atoms with Gasteiger partial charge in [-0.05, 0) is 38.0 Å². The summed E-state index contributed by atoms with van der Waals surface area (Å²) in [6.45, 7) is 5.08. The van der Waals surface area contributed by atoms with Crippen LogP contribution < -0.4 is 4.74 Å². The molecule has 134 valence electrons. The Bertz CT molecular complexity index is 721. The lowest BCUT2D eigenvalue weighted by Gasteiger charge is -2.22. The lowest BCUT2D eigenvalue weighted by Crippen LogP contribution is -2.38. The van der Waals surface area contributed by atoms with E-state index in [4.69, 9.17) is 16.3 Å². The molecule has 0 aliphatic carbocycles. The molecule has 2 rings (SSSR count). The summed E-state index contributed by atoms with van der Waals surface area (Å²) in [6.07, 6.45) is 0.604. The van der Waals surface area contributed by atoms with Crippen molar-refractivity contribution in [3.05, 3.63) is 28.3 Å². The van der Waals surface area contributed by atoms with Crippen molar-refractivity contribution in [2.24, 2.45) is 0 Å². The van der Waals surface area contributed by atoms with Gasteiger partial charge in [-0.15, -0.1) is 0 Å². The zero-order valence-corrected chi connectivity index (χ0v) is 15.8. The minimum atomic E-state index is -3.23. The molecular formula is C16H23ClN2O4S. The van der Waals surface area contributed by atoms with Gasteiger partial charge in [-0.25, -0.2) is 12.7 Å². The van der Waals surface area contributed by atoms with E-state index in [0.717, 1.165) is 5.56 Å². The molecule has 1 fully saturated rings. The molecule has 0 spiro atoms. The third-order valence-electron chi connectivity index (χ3n) is 4.21. The van der Waals surface area contributed by atoms with Gasteiger partial charge in [0.05, 0.1) is 18.4 Å². The predicted octanol–water partition coefficient (Wildman–Crippen LogP) is 2.15. The highest BCUT2D eigenvalue weighted by Gasteiger charge is 2.27. The quantitative estimate of drug-likeness (QED) is 0.809. The van der Waals surface area contributed by atoms with Crippen LogP contribution in [0.1, 0.15) is 29.3 Å². The maximum Gasteiger partial charge on any atom is 0.257 e. The molecule has 1 aliphatic heterocycles. The molecule has 0 bridgehead atoms. The van der Waals surface area contributed by atoms with E-state index in [1.807, 2.05) is 6.92 Å². The monoisotopic (exact) mass is 374 g/mol. The highest BCUT2D eigenvalue weighted by molar-refractivity contribution is 7.89. The Hall–Kier alpha value is -1.31. The SMILES string of the molecule is CCS(=O)(=O)N1CCCN(C(=O)c2cc(Cl)c(C)cc2OC)CC1.